The monoisotopic (exact) mass is 368 g/mol. The minimum absolute atomic E-state index is 0.282. The zero-order valence-electron chi connectivity index (χ0n) is 15.1. The molecule has 0 radical (unpaired) electrons. The summed E-state index contributed by atoms with van der Waals surface area (Å²) in [5, 5.41) is 7.44. The lowest BCUT2D eigenvalue weighted by Gasteiger charge is -2.22. The molecule has 1 aromatic carbocycles. The molecule has 0 spiro atoms. The predicted molar refractivity (Wildman–Crippen MR) is 98.6 cm³/mol. The third-order valence-corrected chi connectivity index (χ3v) is 4.85. The van der Waals surface area contributed by atoms with Crippen molar-refractivity contribution >= 4 is 11.7 Å². The van der Waals surface area contributed by atoms with Gasteiger partial charge >= 0.3 is 6.03 Å². The summed E-state index contributed by atoms with van der Waals surface area (Å²) in [6.07, 6.45) is 4.73. The molecule has 0 saturated heterocycles. The molecule has 0 aliphatic heterocycles. The van der Waals surface area contributed by atoms with Crippen molar-refractivity contribution in [2.45, 2.75) is 32.4 Å². The standard InChI is InChI=1S/C20H21FN4O2/c1-24-19-6-2-5-17(19)18(23-24)13-25(12-16-4-3-11-27-16)20(26)22-15-9-7-14(21)8-10-15/h3-4,7-11H,2,5-6,12-13H2,1H3,(H,22,26). The highest BCUT2D eigenvalue weighted by molar-refractivity contribution is 5.89. The Morgan fingerprint density at radius 1 is 1.26 bits per heavy atom. The highest BCUT2D eigenvalue weighted by atomic mass is 19.1. The molecule has 2 aromatic heterocycles. The lowest BCUT2D eigenvalue weighted by atomic mass is 10.2. The number of aryl methyl sites for hydroxylation is 1. The number of hydrogen-bond donors (Lipinski definition) is 1. The van der Waals surface area contributed by atoms with Crippen molar-refractivity contribution in [3.8, 4) is 0 Å². The molecule has 0 saturated carbocycles. The van der Waals surface area contributed by atoms with E-state index in [1.54, 1.807) is 17.2 Å². The second kappa shape index (κ2) is 7.26. The Bertz CT molecular complexity index is 932. The van der Waals surface area contributed by atoms with Crippen molar-refractivity contribution in [1.29, 1.82) is 0 Å². The summed E-state index contributed by atoms with van der Waals surface area (Å²) in [7, 11) is 1.95. The molecule has 1 aliphatic carbocycles. The number of anilines is 1. The van der Waals surface area contributed by atoms with E-state index in [1.165, 1.54) is 35.5 Å². The Morgan fingerprint density at radius 2 is 2.07 bits per heavy atom. The molecular formula is C20H21FN4O2. The molecule has 0 fully saturated rings. The highest BCUT2D eigenvalue weighted by Crippen LogP contribution is 2.26. The number of rotatable bonds is 5. The van der Waals surface area contributed by atoms with E-state index in [9.17, 15) is 9.18 Å². The van der Waals surface area contributed by atoms with E-state index in [-0.39, 0.29) is 11.8 Å². The molecular weight excluding hydrogens is 347 g/mol. The summed E-state index contributed by atoms with van der Waals surface area (Å²) in [4.78, 5) is 14.5. The molecule has 1 aliphatic rings. The van der Waals surface area contributed by atoms with Gasteiger partial charge in [-0.3, -0.25) is 4.68 Å². The smallest absolute Gasteiger partial charge is 0.322 e. The van der Waals surface area contributed by atoms with Crippen LogP contribution in [0.25, 0.3) is 0 Å². The Hall–Kier alpha value is -3.09. The maximum absolute atomic E-state index is 13.1. The van der Waals surface area contributed by atoms with Gasteiger partial charge in [-0.05, 0) is 61.2 Å². The number of amides is 2. The van der Waals surface area contributed by atoms with Crippen molar-refractivity contribution in [3.05, 3.63) is 71.2 Å². The molecule has 7 heteroatoms. The number of hydrogen-bond acceptors (Lipinski definition) is 3. The van der Waals surface area contributed by atoms with E-state index in [0.29, 0.717) is 24.5 Å². The fourth-order valence-electron chi connectivity index (χ4n) is 3.53. The molecule has 4 rings (SSSR count). The van der Waals surface area contributed by atoms with Gasteiger partial charge in [-0.15, -0.1) is 0 Å². The Balaban J connectivity index is 1.56. The summed E-state index contributed by atoms with van der Waals surface area (Å²) in [5.41, 5.74) is 3.96. The second-order valence-corrected chi connectivity index (χ2v) is 6.72. The molecule has 3 aromatic rings. The fourth-order valence-corrected chi connectivity index (χ4v) is 3.53. The highest BCUT2D eigenvalue weighted by Gasteiger charge is 2.24. The van der Waals surface area contributed by atoms with Crippen LogP contribution in [0.2, 0.25) is 0 Å². The third-order valence-electron chi connectivity index (χ3n) is 4.85. The fraction of sp³-hybridized carbons (Fsp3) is 0.300. The van der Waals surface area contributed by atoms with Crippen LogP contribution in [0.3, 0.4) is 0 Å². The molecule has 1 N–H and O–H groups in total. The molecule has 0 unspecified atom stereocenters. The van der Waals surface area contributed by atoms with Crippen LogP contribution in [-0.4, -0.2) is 20.7 Å². The number of benzene rings is 1. The number of carbonyl (C=O) groups excluding carboxylic acids is 1. The second-order valence-electron chi connectivity index (χ2n) is 6.72. The summed E-state index contributed by atoms with van der Waals surface area (Å²) >= 11 is 0. The van der Waals surface area contributed by atoms with E-state index < -0.39 is 0 Å². The van der Waals surface area contributed by atoms with Gasteiger partial charge in [0.25, 0.3) is 0 Å². The molecule has 0 bridgehead atoms. The minimum Gasteiger partial charge on any atom is -0.467 e. The minimum atomic E-state index is -0.343. The summed E-state index contributed by atoms with van der Waals surface area (Å²) in [6.45, 7) is 0.711. The Kier molecular flexibility index (Phi) is 4.66. The molecule has 2 amide bonds. The van der Waals surface area contributed by atoms with Gasteiger partial charge < -0.3 is 14.6 Å². The van der Waals surface area contributed by atoms with Crippen LogP contribution < -0.4 is 5.32 Å². The quantitative estimate of drug-likeness (QED) is 0.743. The average Bonchev–Trinajstić information content (AvgIpc) is 3.38. The van der Waals surface area contributed by atoms with Crippen LogP contribution in [0, 0.1) is 5.82 Å². The third kappa shape index (κ3) is 3.72. The largest absolute Gasteiger partial charge is 0.467 e. The molecule has 6 nitrogen and oxygen atoms in total. The van der Waals surface area contributed by atoms with Gasteiger partial charge in [-0.1, -0.05) is 0 Å². The van der Waals surface area contributed by atoms with Gasteiger partial charge in [-0.25, -0.2) is 9.18 Å². The van der Waals surface area contributed by atoms with E-state index in [4.69, 9.17) is 4.42 Å². The summed E-state index contributed by atoms with van der Waals surface area (Å²) in [5.74, 6) is 0.348. The molecule has 2 heterocycles. The first-order valence-electron chi connectivity index (χ1n) is 8.97. The van der Waals surface area contributed by atoms with Gasteiger partial charge in [0, 0.05) is 18.4 Å². The average molecular weight is 368 g/mol. The number of nitrogens with one attached hydrogen (secondary N) is 1. The lowest BCUT2D eigenvalue weighted by Crippen LogP contribution is -2.34. The van der Waals surface area contributed by atoms with Crippen molar-refractivity contribution < 1.29 is 13.6 Å². The van der Waals surface area contributed by atoms with E-state index in [0.717, 1.165) is 25.0 Å². The van der Waals surface area contributed by atoms with E-state index in [2.05, 4.69) is 10.4 Å². The maximum Gasteiger partial charge on any atom is 0.322 e. The zero-order chi connectivity index (χ0) is 18.8. The lowest BCUT2D eigenvalue weighted by molar-refractivity contribution is 0.200. The number of halogens is 1. The normalized spacial score (nSPS) is 12.8. The first-order valence-corrected chi connectivity index (χ1v) is 8.97. The number of nitrogens with zero attached hydrogens (tertiary/aromatic N) is 3. The van der Waals surface area contributed by atoms with E-state index >= 15 is 0 Å². The van der Waals surface area contributed by atoms with Crippen molar-refractivity contribution in [3.63, 3.8) is 0 Å². The SMILES string of the molecule is Cn1nc(CN(Cc2ccco2)C(=O)Nc2ccc(F)cc2)c2c1CCC2. The van der Waals surface area contributed by atoms with Crippen LogP contribution in [0.1, 0.15) is 29.1 Å². The van der Waals surface area contributed by atoms with Crippen LogP contribution >= 0.6 is 0 Å². The predicted octanol–water partition coefficient (Wildman–Crippen LogP) is 3.88. The Morgan fingerprint density at radius 3 is 2.81 bits per heavy atom. The molecule has 27 heavy (non-hydrogen) atoms. The molecule has 140 valence electrons. The first kappa shape index (κ1) is 17.3. The van der Waals surface area contributed by atoms with Crippen molar-refractivity contribution in [2.75, 3.05) is 5.32 Å². The number of carbonyl (C=O) groups is 1. The van der Waals surface area contributed by atoms with Gasteiger partial charge in [0.1, 0.15) is 11.6 Å². The van der Waals surface area contributed by atoms with Gasteiger partial charge in [-0.2, -0.15) is 5.10 Å². The van der Waals surface area contributed by atoms with Gasteiger partial charge in [0.2, 0.25) is 0 Å². The molecule has 0 atom stereocenters. The topological polar surface area (TPSA) is 63.3 Å². The number of urea groups is 1. The maximum atomic E-state index is 13.1. The van der Waals surface area contributed by atoms with Crippen molar-refractivity contribution in [2.24, 2.45) is 7.05 Å². The Labute approximate surface area is 156 Å². The van der Waals surface area contributed by atoms with Crippen LogP contribution in [0.5, 0.6) is 0 Å². The van der Waals surface area contributed by atoms with Gasteiger partial charge in [0.15, 0.2) is 0 Å². The van der Waals surface area contributed by atoms with Crippen LogP contribution in [0.4, 0.5) is 14.9 Å². The van der Waals surface area contributed by atoms with Crippen molar-refractivity contribution in [1.82, 2.24) is 14.7 Å². The summed E-state index contributed by atoms with van der Waals surface area (Å²) in [6, 6.07) is 9.06. The van der Waals surface area contributed by atoms with E-state index in [1.807, 2.05) is 17.8 Å². The van der Waals surface area contributed by atoms with Gasteiger partial charge in [0.05, 0.1) is 25.0 Å². The first-order chi connectivity index (χ1) is 13.1. The number of aromatic nitrogens is 2. The number of furan rings is 1. The number of fused-ring (bicyclic) bond motifs is 1. The summed E-state index contributed by atoms with van der Waals surface area (Å²) < 4.78 is 20.4. The van der Waals surface area contributed by atoms with Crippen LogP contribution in [0.15, 0.2) is 47.1 Å². The zero-order valence-corrected chi connectivity index (χ0v) is 15.1. The van der Waals surface area contributed by atoms with Crippen LogP contribution in [-0.2, 0) is 33.0 Å².